The molecule has 0 spiro atoms. The molecule has 0 saturated heterocycles. The Balaban J connectivity index is 2.20. The van der Waals surface area contributed by atoms with E-state index in [9.17, 15) is 4.79 Å². The summed E-state index contributed by atoms with van der Waals surface area (Å²) in [7, 11) is 0. The van der Waals surface area contributed by atoms with Crippen LogP contribution in [0.15, 0.2) is 67.3 Å². The Labute approximate surface area is 151 Å². The third-order valence-electron chi connectivity index (χ3n) is 3.81. The van der Waals surface area contributed by atoms with Gasteiger partial charge in [0.05, 0.1) is 0 Å². The third-order valence-corrected chi connectivity index (χ3v) is 4.05. The zero-order valence-electron chi connectivity index (χ0n) is 13.8. The van der Waals surface area contributed by atoms with Crippen molar-refractivity contribution < 1.29 is 14.3 Å². The molecule has 0 bridgehead atoms. The number of benzene rings is 3. The molecule has 3 aromatic rings. The predicted octanol–water partition coefficient (Wildman–Crippen LogP) is 5.94. The summed E-state index contributed by atoms with van der Waals surface area (Å²) in [5, 5.41) is 2.13. The third kappa shape index (κ3) is 3.67. The van der Waals surface area contributed by atoms with Gasteiger partial charge < -0.3 is 9.47 Å². The van der Waals surface area contributed by atoms with Gasteiger partial charge in [0.1, 0.15) is 17.2 Å². The van der Waals surface area contributed by atoms with E-state index in [0.717, 1.165) is 28.2 Å². The summed E-state index contributed by atoms with van der Waals surface area (Å²) in [6.45, 7) is 5.45. The van der Waals surface area contributed by atoms with E-state index in [0.29, 0.717) is 22.9 Å². The number of halogens is 1. The first-order valence-corrected chi connectivity index (χ1v) is 8.32. The highest BCUT2D eigenvalue weighted by atomic mass is 35.5. The van der Waals surface area contributed by atoms with E-state index in [1.54, 1.807) is 12.1 Å². The quantitative estimate of drug-likeness (QED) is 0.324. The van der Waals surface area contributed by atoms with E-state index in [1.165, 1.54) is 0 Å². The second-order valence-corrected chi connectivity index (χ2v) is 5.88. The molecule has 0 aliphatic heterocycles. The molecule has 0 saturated carbocycles. The Kier molecular flexibility index (Phi) is 5.05. The summed E-state index contributed by atoms with van der Waals surface area (Å²) in [5.74, 6) is 1.41. The van der Waals surface area contributed by atoms with Gasteiger partial charge >= 0.3 is 5.97 Å². The van der Waals surface area contributed by atoms with Crippen LogP contribution in [0.2, 0.25) is 5.02 Å². The molecule has 0 aromatic heterocycles. The smallest absolute Gasteiger partial charge is 0.335 e. The van der Waals surface area contributed by atoms with Crippen LogP contribution in [-0.2, 0) is 11.2 Å². The van der Waals surface area contributed by atoms with Crippen molar-refractivity contribution in [2.24, 2.45) is 0 Å². The number of ether oxygens (including phenoxy) is 2. The van der Waals surface area contributed by atoms with Crippen LogP contribution in [0.3, 0.4) is 0 Å². The molecule has 0 aliphatic carbocycles. The molecule has 0 aliphatic rings. The molecule has 0 amide bonds. The standard InChI is InChI=1S/C21H17ClO3/c1-3-14-12-19(24-16-8-6-5-7-9-16)18-13-15(22)10-11-17(18)21(14)25-20(23)4-2/h4-13H,2-3H2,1H3. The van der Waals surface area contributed by atoms with Crippen molar-refractivity contribution in [3.8, 4) is 17.2 Å². The molecule has 0 fully saturated rings. The summed E-state index contributed by atoms with van der Waals surface area (Å²) < 4.78 is 11.5. The number of hydrogen-bond donors (Lipinski definition) is 0. The lowest BCUT2D eigenvalue weighted by molar-refractivity contribution is -0.128. The number of fused-ring (bicyclic) bond motifs is 1. The van der Waals surface area contributed by atoms with Crippen LogP contribution >= 0.6 is 11.6 Å². The van der Waals surface area contributed by atoms with Gasteiger partial charge in [0.25, 0.3) is 0 Å². The summed E-state index contributed by atoms with van der Waals surface area (Å²) in [6.07, 6.45) is 1.83. The van der Waals surface area contributed by atoms with E-state index >= 15 is 0 Å². The largest absolute Gasteiger partial charge is 0.457 e. The fourth-order valence-electron chi connectivity index (χ4n) is 2.62. The number of esters is 1. The lowest BCUT2D eigenvalue weighted by atomic mass is 10.0. The minimum absolute atomic E-state index is 0.498. The van der Waals surface area contributed by atoms with Gasteiger partial charge in [-0.05, 0) is 48.4 Å². The van der Waals surface area contributed by atoms with Crippen molar-refractivity contribution in [3.63, 3.8) is 0 Å². The molecule has 0 radical (unpaired) electrons. The van der Waals surface area contributed by atoms with E-state index in [4.69, 9.17) is 21.1 Å². The highest BCUT2D eigenvalue weighted by Gasteiger charge is 2.16. The maximum absolute atomic E-state index is 11.7. The van der Waals surface area contributed by atoms with Gasteiger partial charge in [0, 0.05) is 21.9 Å². The first-order valence-electron chi connectivity index (χ1n) is 7.94. The Morgan fingerprint density at radius 3 is 2.56 bits per heavy atom. The van der Waals surface area contributed by atoms with Crippen LogP contribution in [0.5, 0.6) is 17.2 Å². The van der Waals surface area contributed by atoms with Crippen molar-refractivity contribution in [2.45, 2.75) is 13.3 Å². The van der Waals surface area contributed by atoms with E-state index in [1.807, 2.05) is 49.4 Å². The van der Waals surface area contributed by atoms with Crippen LogP contribution in [0.25, 0.3) is 10.8 Å². The Bertz CT molecular complexity index is 933. The van der Waals surface area contributed by atoms with E-state index in [2.05, 4.69) is 6.58 Å². The minimum Gasteiger partial charge on any atom is -0.457 e. The molecule has 3 aromatic carbocycles. The summed E-state index contributed by atoms with van der Waals surface area (Å²) in [6, 6.07) is 16.8. The van der Waals surface area contributed by atoms with Crippen LogP contribution in [0.1, 0.15) is 12.5 Å². The van der Waals surface area contributed by atoms with Crippen LogP contribution in [-0.4, -0.2) is 5.97 Å². The van der Waals surface area contributed by atoms with Crippen LogP contribution in [0, 0.1) is 0 Å². The molecule has 0 heterocycles. The van der Waals surface area contributed by atoms with Gasteiger partial charge in [-0.25, -0.2) is 4.79 Å². The number of carbonyl (C=O) groups excluding carboxylic acids is 1. The second-order valence-electron chi connectivity index (χ2n) is 5.45. The molecular weight excluding hydrogens is 336 g/mol. The van der Waals surface area contributed by atoms with E-state index in [-0.39, 0.29) is 0 Å². The van der Waals surface area contributed by atoms with Crippen molar-refractivity contribution in [2.75, 3.05) is 0 Å². The van der Waals surface area contributed by atoms with E-state index < -0.39 is 5.97 Å². The van der Waals surface area contributed by atoms with Crippen molar-refractivity contribution in [3.05, 3.63) is 77.8 Å². The number of aryl methyl sites for hydroxylation is 1. The van der Waals surface area contributed by atoms with Gasteiger partial charge in [-0.1, -0.05) is 43.3 Å². The van der Waals surface area contributed by atoms with Gasteiger partial charge in [0.15, 0.2) is 0 Å². The highest BCUT2D eigenvalue weighted by Crippen LogP contribution is 2.40. The second kappa shape index (κ2) is 7.41. The SMILES string of the molecule is C=CC(=O)Oc1c(CC)cc(Oc2ccccc2)c2cc(Cl)ccc12. The minimum atomic E-state index is -0.498. The number of hydrogen-bond acceptors (Lipinski definition) is 3. The fourth-order valence-corrected chi connectivity index (χ4v) is 2.79. The van der Waals surface area contributed by atoms with Crippen LogP contribution in [0.4, 0.5) is 0 Å². The molecule has 3 nitrogen and oxygen atoms in total. The fraction of sp³-hybridized carbons (Fsp3) is 0.0952. The van der Waals surface area contributed by atoms with Crippen molar-refractivity contribution >= 4 is 28.3 Å². The summed E-state index contributed by atoms with van der Waals surface area (Å²) in [5.41, 5.74) is 0.871. The average Bonchev–Trinajstić information content (AvgIpc) is 2.64. The summed E-state index contributed by atoms with van der Waals surface area (Å²) in [4.78, 5) is 11.7. The number of rotatable bonds is 5. The highest BCUT2D eigenvalue weighted by molar-refractivity contribution is 6.31. The molecule has 4 heteroatoms. The monoisotopic (exact) mass is 352 g/mol. The lowest BCUT2D eigenvalue weighted by Crippen LogP contribution is -2.06. The molecule has 0 atom stereocenters. The normalized spacial score (nSPS) is 10.5. The summed E-state index contributed by atoms with van der Waals surface area (Å²) >= 11 is 6.17. The maximum Gasteiger partial charge on any atom is 0.335 e. The van der Waals surface area contributed by atoms with Gasteiger partial charge in [-0.2, -0.15) is 0 Å². The Morgan fingerprint density at radius 2 is 1.88 bits per heavy atom. The Hall–Kier alpha value is -2.78. The molecule has 0 N–H and O–H groups in total. The molecule has 126 valence electrons. The van der Waals surface area contributed by atoms with Gasteiger partial charge in [0.2, 0.25) is 0 Å². The molecular formula is C21H17ClO3. The zero-order chi connectivity index (χ0) is 17.8. The molecule has 3 rings (SSSR count). The zero-order valence-corrected chi connectivity index (χ0v) is 14.5. The molecule has 0 unspecified atom stereocenters. The van der Waals surface area contributed by atoms with Crippen molar-refractivity contribution in [1.82, 2.24) is 0 Å². The lowest BCUT2D eigenvalue weighted by Gasteiger charge is -2.16. The first kappa shape index (κ1) is 17.1. The first-order chi connectivity index (χ1) is 12.1. The average molecular weight is 353 g/mol. The predicted molar refractivity (Wildman–Crippen MR) is 101 cm³/mol. The van der Waals surface area contributed by atoms with Gasteiger partial charge in [-0.15, -0.1) is 0 Å². The van der Waals surface area contributed by atoms with Crippen molar-refractivity contribution in [1.29, 1.82) is 0 Å². The Morgan fingerprint density at radius 1 is 1.12 bits per heavy atom. The topological polar surface area (TPSA) is 35.5 Å². The van der Waals surface area contributed by atoms with Crippen LogP contribution < -0.4 is 9.47 Å². The number of carbonyl (C=O) groups is 1. The number of para-hydroxylation sites is 1. The van der Waals surface area contributed by atoms with Gasteiger partial charge in [-0.3, -0.25) is 0 Å². The maximum atomic E-state index is 11.7. The molecule has 25 heavy (non-hydrogen) atoms.